The van der Waals surface area contributed by atoms with Crippen LogP contribution in [0.2, 0.25) is 10.0 Å². The molecule has 2 aliphatic rings. The van der Waals surface area contributed by atoms with E-state index in [2.05, 4.69) is 10.3 Å². The van der Waals surface area contributed by atoms with Gasteiger partial charge in [0.25, 0.3) is 0 Å². The lowest BCUT2D eigenvalue weighted by Crippen LogP contribution is -2.39. The van der Waals surface area contributed by atoms with E-state index in [9.17, 15) is 13.6 Å². The maximum Gasteiger partial charge on any atom is 0.249 e. The number of carbonyl (C=O) groups excluding carboxylic acids is 1. The Kier molecular flexibility index (Phi) is 4.82. The maximum absolute atomic E-state index is 14.4. The Morgan fingerprint density at radius 2 is 2.04 bits per heavy atom. The fourth-order valence-electron chi connectivity index (χ4n) is 4.19. The van der Waals surface area contributed by atoms with Crippen molar-refractivity contribution in [2.75, 3.05) is 5.32 Å². The van der Waals surface area contributed by atoms with Crippen LogP contribution in [0.25, 0.3) is 0 Å². The van der Waals surface area contributed by atoms with Crippen molar-refractivity contribution in [3.05, 3.63) is 57.8 Å². The molecule has 0 spiro atoms. The van der Waals surface area contributed by atoms with E-state index in [1.807, 2.05) is 6.92 Å². The molecule has 1 aromatic carbocycles. The molecule has 1 aromatic heterocycles. The van der Waals surface area contributed by atoms with E-state index >= 15 is 0 Å². The molecule has 2 fully saturated rings. The number of hydrogen-bond acceptors (Lipinski definition) is 3. The minimum Gasteiger partial charge on any atom is -0.373 e. The zero-order valence-corrected chi connectivity index (χ0v) is 15.8. The molecule has 2 aliphatic heterocycles. The molecule has 5 atom stereocenters. The molecular weight excluding hydrogens is 397 g/mol. The highest BCUT2D eigenvalue weighted by atomic mass is 35.5. The van der Waals surface area contributed by atoms with E-state index in [1.165, 1.54) is 12.3 Å². The molecule has 0 saturated carbocycles. The van der Waals surface area contributed by atoms with Crippen molar-refractivity contribution < 1.29 is 18.3 Å². The van der Waals surface area contributed by atoms with Gasteiger partial charge < -0.3 is 10.1 Å². The minimum absolute atomic E-state index is 0.121. The van der Waals surface area contributed by atoms with Gasteiger partial charge in [-0.1, -0.05) is 30.1 Å². The lowest BCUT2D eigenvalue weighted by atomic mass is 9.71. The quantitative estimate of drug-likeness (QED) is 0.735. The Morgan fingerprint density at radius 1 is 1.26 bits per heavy atom. The highest BCUT2D eigenvalue weighted by Gasteiger charge is 2.56. The van der Waals surface area contributed by atoms with E-state index < -0.39 is 23.6 Å². The van der Waals surface area contributed by atoms with Gasteiger partial charge in [-0.2, -0.15) is 4.39 Å². The first-order valence-electron chi connectivity index (χ1n) is 8.58. The van der Waals surface area contributed by atoms with Crippen molar-refractivity contribution in [1.29, 1.82) is 0 Å². The van der Waals surface area contributed by atoms with Crippen LogP contribution in [0.5, 0.6) is 0 Å². The summed E-state index contributed by atoms with van der Waals surface area (Å²) in [6.07, 6.45) is 1.19. The molecule has 4 rings (SSSR count). The van der Waals surface area contributed by atoms with Gasteiger partial charge in [-0.25, -0.2) is 9.37 Å². The molecule has 142 valence electrons. The van der Waals surface area contributed by atoms with Gasteiger partial charge in [-0.15, -0.1) is 0 Å². The van der Waals surface area contributed by atoms with E-state index in [1.54, 1.807) is 18.2 Å². The van der Waals surface area contributed by atoms with Crippen LogP contribution < -0.4 is 5.32 Å². The molecule has 1 N–H and O–H groups in total. The second-order valence-electron chi connectivity index (χ2n) is 7.03. The Morgan fingerprint density at radius 3 is 2.78 bits per heavy atom. The fourth-order valence-corrected chi connectivity index (χ4v) is 4.49. The Hall–Kier alpha value is -1.76. The average Bonchev–Trinajstić information content (AvgIpc) is 3.17. The molecule has 3 heterocycles. The van der Waals surface area contributed by atoms with Gasteiger partial charge in [0.2, 0.25) is 11.9 Å². The van der Waals surface area contributed by atoms with Gasteiger partial charge in [0.05, 0.1) is 28.2 Å². The first-order chi connectivity index (χ1) is 12.9. The number of anilines is 1. The van der Waals surface area contributed by atoms with Crippen molar-refractivity contribution in [3.63, 3.8) is 0 Å². The SMILES string of the molecule is CC1CC2OC1C(C(=O)Nc1ccc(Cl)c(Cl)c1)C2c1ccnc(F)c1F. The summed E-state index contributed by atoms with van der Waals surface area (Å²) >= 11 is 11.9. The van der Waals surface area contributed by atoms with Gasteiger partial charge in [0.1, 0.15) is 0 Å². The molecule has 5 unspecified atom stereocenters. The van der Waals surface area contributed by atoms with Gasteiger partial charge in [0.15, 0.2) is 5.82 Å². The number of rotatable bonds is 3. The number of pyridine rings is 1. The van der Waals surface area contributed by atoms with Crippen LogP contribution in [0.1, 0.15) is 24.8 Å². The molecule has 0 aliphatic carbocycles. The number of nitrogens with one attached hydrogen (secondary N) is 1. The number of amides is 1. The Bertz CT molecular complexity index is 911. The minimum atomic E-state index is -1.17. The van der Waals surface area contributed by atoms with Crippen LogP contribution in [0.4, 0.5) is 14.5 Å². The number of ether oxygens (including phenoxy) is 1. The number of fused-ring (bicyclic) bond motifs is 2. The first kappa shape index (κ1) is 18.6. The van der Waals surface area contributed by atoms with Crippen LogP contribution in [0.3, 0.4) is 0 Å². The highest BCUT2D eigenvalue weighted by molar-refractivity contribution is 6.42. The third kappa shape index (κ3) is 3.20. The summed E-state index contributed by atoms with van der Waals surface area (Å²) in [4.78, 5) is 16.4. The van der Waals surface area contributed by atoms with Crippen molar-refractivity contribution >= 4 is 34.8 Å². The zero-order valence-electron chi connectivity index (χ0n) is 14.3. The molecule has 1 amide bonds. The van der Waals surface area contributed by atoms with Crippen LogP contribution in [0, 0.1) is 23.6 Å². The van der Waals surface area contributed by atoms with E-state index in [0.29, 0.717) is 22.2 Å². The predicted molar refractivity (Wildman–Crippen MR) is 97.9 cm³/mol. The number of halogens is 4. The summed E-state index contributed by atoms with van der Waals surface area (Å²) in [7, 11) is 0. The van der Waals surface area contributed by atoms with Crippen LogP contribution in [-0.2, 0) is 9.53 Å². The molecule has 2 aromatic rings. The molecule has 8 heteroatoms. The number of aromatic nitrogens is 1. The summed E-state index contributed by atoms with van der Waals surface area (Å²) in [6.45, 7) is 1.99. The summed E-state index contributed by atoms with van der Waals surface area (Å²) in [5.41, 5.74) is 0.598. The molecular formula is C19H16Cl2F2N2O2. The lowest BCUT2D eigenvalue weighted by Gasteiger charge is -2.30. The monoisotopic (exact) mass is 412 g/mol. The summed E-state index contributed by atoms with van der Waals surface area (Å²) < 4.78 is 34.0. The summed E-state index contributed by atoms with van der Waals surface area (Å²) in [6, 6.07) is 6.17. The predicted octanol–water partition coefficient (Wildman–Crippen LogP) is 4.81. The number of carbonyl (C=O) groups is 1. The third-order valence-electron chi connectivity index (χ3n) is 5.36. The maximum atomic E-state index is 14.4. The molecule has 27 heavy (non-hydrogen) atoms. The summed E-state index contributed by atoms with van der Waals surface area (Å²) in [5, 5.41) is 3.48. The van der Waals surface area contributed by atoms with Crippen molar-refractivity contribution in [2.24, 2.45) is 11.8 Å². The first-order valence-corrected chi connectivity index (χ1v) is 9.33. The van der Waals surface area contributed by atoms with Crippen molar-refractivity contribution in [1.82, 2.24) is 4.98 Å². The Labute approximate surface area is 164 Å². The molecule has 0 radical (unpaired) electrons. The number of benzene rings is 1. The van der Waals surface area contributed by atoms with Gasteiger partial charge in [-0.3, -0.25) is 4.79 Å². The fraction of sp³-hybridized carbons (Fsp3) is 0.368. The normalized spacial score (nSPS) is 29.1. The average molecular weight is 413 g/mol. The Balaban J connectivity index is 1.66. The number of hydrogen-bond donors (Lipinski definition) is 1. The smallest absolute Gasteiger partial charge is 0.249 e. The van der Waals surface area contributed by atoms with Gasteiger partial charge in [0, 0.05) is 23.4 Å². The standard InChI is InChI=1S/C19H16Cl2F2N2O2/c1-8-6-13-14(10-4-5-24-18(23)16(10)22)15(17(8)27-13)19(26)25-9-2-3-11(20)12(21)7-9/h2-5,7-8,13-15,17H,6H2,1H3,(H,25,26). The van der Waals surface area contributed by atoms with Crippen LogP contribution in [-0.4, -0.2) is 23.1 Å². The second-order valence-corrected chi connectivity index (χ2v) is 7.84. The van der Waals surface area contributed by atoms with E-state index in [0.717, 1.165) is 0 Å². The van der Waals surface area contributed by atoms with E-state index in [4.69, 9.17) is 27.9 Å². The zero-order chi connectivity index (χ0) is 19.3. The highest BCUT2D eigenvalue weighted by Crippen LogP contribution is 2.52. The molecule has 2 saturated heterocycles. The largest absolute Gasteiger partial charge is 0.373 e. The van der Waals surface area contributed by atoms with Gasteiger partial charge in [-0.05, 0) is 36.6 Å². The van der Waals surface area contributed by atoms with Gasteiger partial charge >= 0.3 is 0 Å². The second kappa shape index (κ2) is 7.00. The van der Waals surface area contributed by atoms with Crippen LogP contribution in [0.15, 0.2) is 30.5 Å². The molecule has 2 bridgehead atoms. The van der Waals surface area contributed by atoms with Crippen molar-refractivity contribution in [3.8, 4) is 0 Å². The summed E-state index contributed by atoms with van der Waals surface area (Å²) in [5.74, 6) is -3.61. The van der Waals surface area contributed by atoms with Crippen molar-refractivity contribution in [2.45, 2.75) is 31.5 Å². The van der Waals surface area contributed by atoms with E-state index in [-0.39, 0.29) is 29.6 Å². The van der Waals surface area contributed by atoms with Crippen LogP contribution >= 0.6 is 23.2 Å². The third-order valence-corrected chi connectivity index (χ3v) is 6.10. The number of nitrogens with zero attached hydrogens (tertiary/aromatic N) is 1. The topological polar surface area (TPSA) is 51.2 Å². The lowest BCUT2D eigenvalue weighted by molar-refractivity contribution is -0.122. The molecule has 4 nitrogen and oxygen atoms in total.